The molecule has 0 bridgehead atoms. The molecule has 0 aromatic carbocycles. The summed E-state index contributed by atoms with van der Waals surface area (Å²) in [6, 6.07) is 3.83. The number of amides is 1. The zero-order chi connectivity index (χ0) is 13.2. The predicted molar refractivity (Wildman–Crippen MR) is 68.9 cm³/mol. The Bertz CT molecular complexity index is 396. The number of likely N-dealkylation sites (N-methyl/N-ethyl adjacent to an activating group) is 1. The molecule has 5 nitrogen and oxygen atoms in total. The molecule has 0 saturated heterocycles. The lowest BCUT2D eigenvalue weighted by molar-refractivity contribution is -0.126. The Kier molecular flexibility index (Phi) is 3.73. The second-order valence-electron chi connectivity index (χ2n) is 5.19. The van der Waals surface area contributed by atoms with Gasteiger partial charge >= 0.3 is 0 Å². The summed E-state index contributed by atoms with van der Waals surface area (Å²) in [5.74, 6) is 0.932. The molecule has 1 aliphatic carbocycles. The summed E-state index contributed by atoms with van der Waals surface area (Å²) < 4.78 is 5.40. The number of carbonyl (C=O) groups excluding carboxylic acids is 1. The molecule has 0 aliphatic heterocycles. The zero-order valence-corrected chi connectivity index (χ0v) is 11.0. The smallest absolute Gasteiger partial charge is 0.227 e. The van der Waals surface area contributed by atoms with Crippen molar-refractivity contribution in [1.29, 1.82) is 0 Å². The summed E-state index contributed by atoms with van der Waals surface area (Å²) in [6.45, 7) is 0.979. The van der Waals surface area contributed by atoms with Gasteiger partial charge in [-0.05, 0) is 39.1 Å². The van der Waals surface area contributed by atoms with Crippen LogP contribution in [0, 0.1) is 5.41 Å². The van der Waals surface area contributed by atoms with E-state index in [4.69, 9.17) is 10.2 Å². The number of furan rings is 1. The Morgan fingerprint density at radius 3 is 2.78 bits per heavy atom. The van der Waals surface area contributed by atoms with Crippen LogP contribution in [0.3, 0.4) is 0 Å². The van der Waals surface area contributed by atoms with Crippen LogP contribution in [0.2, 0.25) is 0 Å². The van der Waals surface area contributed by atoms with Gasteiger partial charge in [0.2, 0.25) is 5.91 Å². The molecule has 1 aliphatic rings. The van der Waals surface area contributed by atoms with E-state index in [0.717, 1.165) is 18.6 Å². The molecule has 18 heavy (non-hydrogen) atoms. The van der Waals surface area contributed by atoms with Crippen LogP contribution in [-0.2, 0) is 4.79 Å². The molecule has 0 radical (unpaired) electrons. The molecule has 0 spiro atoms. The highest BCUT2D eigenvalue weighted by atomic mass is 16.3. The number of hydrogen-bond acceptors (Lipinski definition) is 4. The maximum Gasteiger partial charge on any atom is 0.227 e. The summed E-state index contributed by atoms with van der Waals surface area (Å²) in [7, 11) is 3.93. The fourth-order valence-corrected chi connectivity index (χ4v) is 2.07. The average Bonchev–Trinajstić information content (AvgIpc) is 2.98. The van der Waals surface area contributed by atoms with Crippen LogP contribution in [0.25, 0.3) is 0 Å². The quantitative estimate of drug-likeness (QED) is 0.782. The Balaban J connectivity index is 1.93. The molecule has 3 N–H and O–H groups in total. The molecule has 1 atom stereocenters. The molecular formula is C13H21N3O2. The highest BCUT2D eigenvalue weighted by Gasteiger charge is 2.48. The third kappa shape index (κ3) is 2.57. The number of carbonyl (C=O) groups is 1. The van der Waals surface area contributed by atoms with Gasteiger partial charge in [0, 0.05) is 13.1 Å². The van der Waals surface area contributed by atoms with Crippen molar-refractivity contribution in [3.8, 4) is 0 Å². The zero-order valence-electron chi connectivity index (χ0n) is 11.0. The van der Waals surface area contributed by atoms with Gasteiger partial charge in [-0.1, -0.05) is 0 Å². The van der Waals surface area contributed by atoms with Crippen molar-refractivity contribution >= 4 is 5.91 Å². The molecule has 2 rings (SSSR count). The second-order valence-corrected chi connectivity index (χ2v) is 5.19. The standard InChI is InChI=1S/C13H21N3O2/c1-16(2)10(11-4-3-7-18-11)8-15-12(17)13(9-14)5-6-13/h3-4,7,10H,5-6,8-9,14H2,1-2H3,(H,15,17). The lowest BCUT2D eigenvalue weighted by Gasteiger charge is -2.23. The maximum absolute atomic E-state index is 12.0. The summed E-state index contributed by atoms with van der Waals surface area (Å²) in [5, 5.41) is 2.99. The van der Waals surface area contributed by atoms with Gasteiger partial charge in [-0.2, -0.15) is 0 Å². The van der Waals surface area contributed by atoms with Crippen LogP contribution in [0.4, 0.5) is 0 Å². The molecule has 1 aromatic rings. The van der Waals surface area contributed by atoms with Crippen LogP contribution >= 0.6 is 0 Å². The number of nitrogens with two attached hydrogens (primary N) is 1. The van der Waals surface area contributed by atoms with E-state index in [9.17, 15) is 4.79 Å². The molecular weight excluding hydrogens is 230 g/mol. The van der Waals surface area contributed by atoms with Gasteiger partial charge in [0.1, 0.15) is 5.76 Å². The largest absolute Gasteiger partial charge is 0.468 e. The molecule has 1 fully saturated rings. The molecule has 1 saturated carbocycles. The summed E-state index contributed by atoms with van der Waals surface area (Å²) in [5.41, 5.74) is 5.35. The Labute approximate surface area is 107 Å². The van der Waals surface area contributed by atoms with Crippen molar-refractivity contribution in [1.82, 2.24) is 10.2 Å². The Morgan fingerprint density at radius 2 is 2.33 bits per heavy atom. The first-order valence-electron chi connectivity index (χ1n) is 6.27. The van der Waals surface area contributed by atoms with Gasteiger partial charge < -0.3 is 15.5 Å². The third-order valence-corrected chi connectivity index (χ3v) is 3.68. The summed E-state index contributed by atoms with van der Waals surface area (Å²) in [6.07, 6.45) is 3.46. The van der Waals surface area contributed by atoms with Crippen molar-refractivity contribution in [2.75, 3.05) is 27.2 Å². The van der Waals surface area contributed by atoms with E-state index in [1.807, 2.05) is 31.1 Å². The third-order valence-electron chi connectivity index (χ3n) is 3.68. The molecule has 1 aromatic heterocycles. The molecule has 1 heterocycles. The number of rotatable bonds is 6. The first kappa shape index (κ1) is 13.1. The summed E-state index contributed by atoms with van der Waals surface area (Å²) >= 11 is 0. The normalized spacial score (nSPS) is 18.7. The lowest BCUT2D eigenvalue weighted by Crippen LogP contribution is -2.40. The topological polar surface area (TPSA) is 71.5 Å². The lowest BCUT2D eigenvalue weighted by atomic mass is 10.1. The van der Waals surface area contributed by atoms with E-state index in [1.54, 1.807) is 6.26 Å². The Morgan fingerprint density at radius 1 is 1.61 bits per heavy atom. The van der Waals surface area contributed by atoms with Gasteiger partial charge in [-0.15, -0.1) is 0 Å². The van der Waals surface area contributed by atoms with E-state index in [2.05, 4.69) is 5.32 Å². The fraction of sp³-hybridized carbons (Fsp3) is 0.615. The minimum atomic E-state index is -0.292. The number of nitrogens with zero attached hydrogens (tertiary/aromatic N) is 1. The Hall–Kier alpha value is -1.33. The molecule has 5 heteroatoms. The van der Waals surface area contributed by atoms with E-state index < -0.39 is 0 Å². The van der Waals surface area contributed by atoms with Gasteiger partial charge in [-0.3, -0.25) is 9.69 Å². The number of nitrogens with one attached hydrogen (secondary N) is 1. The van der Waals surface area contributed by atoms with Crippen LogP contribution in [0.15, 0.2) is 22.8 Å². The monoisotopic (exact) mass is 251 g/mol. The van der Waals surface area contributed by atoms with Gasteiger partial charge in [0.25, 0.3) is 0 Å². The van der Waals surface area contributed by atoms with E-state index in [1.165, 1.54) is 0 Å². The SMILES string of the molecule is CN(C)C(CNC(=O)C1(CN)CC1)c1ccco1. The minimum Gasteiger partial charge on any atom is -0.468 e. The first-order valence-corrected chi connectivity index (χ1v) is 6.27. The van der Waals surface area contributed by atoms with Crippen molar-refractivity contribution in [2.45, 2.75) is 18.9 Å². The van der Waals surface area contributed by atoms with E-state index in [-0.39, 0.29) is 17.4 Å². The van der Waals surface area contributed by atoms with Gasteiger partial charge in [0.05, 0.1) is 17.7 Å². The average molecular weight is 251 g/mol. The van der Waals surface area contributed by atoms with Gasteiger partial charge in [0.15, 0.2) is 0 Å². The van der Waals surface area contributed by atoms with Crippen LogP contribution in [-0.4, -0.2) is 38.0 Å². The van der Waals surface area contributed by atoms with Crippen molar-refractivity contribution in [3.63, 3.8) is 0 Å². The molecule has 1 amide bonds. The highest BCUT2D eigenvalue weighted by Crippen LogP contribution is 2.44. The van der Waals surface area contributed by atoms with Gasteiger partial charge in [-0.25, -0.2) is 0 Å². The molecule has 100 valence electrons. The summed E-state index contributed by atoms with van der Waals surface area (Å²) in [4.78, 5) is 14.0. The number of hydrogen-bond donors (Lipinski definition) is 2. The fourth-order valence-electron chi connectivity index (χ4n) is 2.07. The van der Waals surface area contributed by atoms with E-state index in [0.29, 0.717) is 13.1 Å². The first-order chi connectivity index (χ1) is 8.59. The van der Waals surface area contributed by atoms with Crippen molar-refractivity contribution in [2.24, 2.45) is 11.1 Å². The second kappa shape index (κ2) is 5.12. The molecule has 1 unspecified atom stereocenters. The van der Waals surface area contributed by atoms with Crippen molar-refractivity contribution < 1.29 is 9.21 Å². The van der Waals surface area contributed by atoms with Crippen LogP contribution in [0.5, 0.6) is 0 Å². The predicted octanol–water partition coefficient (Wildman–Crippen LogP) is 0.737. The minimum absolute atomic E-state index is 0.0533. The highest BCUT2D eigenvalue weighted by molar-refractivity contribution is 5.85. The van der Waals surface area contributed by atoms with Crippen LogP contribution in [0.1, 0.15) is 24.6 Å². The van der Waals surface area contributed by atoms with Crippen LogP contribution < -0.4 is 11.1 Å². The maximum atomic E-state index is 12.0. The van der Waals surface area contributed by atoms with Crippen molar-refractivity contribution in [3.05, 3.63) is 24.2 Å². The van der Waals surface area contributed by atoms with E-state index >= 15 is 0 Å².